The van der Waals surface area contributed by atoms with Gasteiger partial charge in [-0.25, -0.2) is 0 Å². The van der Waals surface area contributed by atoms with Gasteiger partial charge in [0.2, 0.25) is 0 Å². The van der Waals surface area contributed by atoms with Crippen LogP contribution in [0.2, 0.25) is 0 Å². The normalized spacial score (nSPS) is 25.4. The topological polar surface area (TPSA) is 3.24 Å². The monoisotopic (exact) mass is 327 g/mol. The number of halogens is 2. The van der Waals surface area contributed by atoms with Gasteiger partial charge in [0, 0.05) is 19.5 Å². The third-order valence-corrected chi connectivity index (χ3v) is 4.63. The Kier molecular flexibility index (Phi) is 8.30. The van der Waals surface area contributed by atoms with Gasteiger partial charge in [0.25, 0.3) is 0 Å². The highest BCUT2D eigenvalue weighted by Gasteiger charge is 2.22. The Morgan fingerprint density at radius 3 is 2.48 bits per heavy atom. The second-order valence-corrected chi connectivity index (χ2v) is 6.76. The predicted molar refractivity (Wildman–Crippen MR) is 94.3 cm³/mol. The van der Waals surface area contributed by atoms with Crippen LogP contribution in [0.25, 0.3) is 0 Å². The first kappa shape index (κ1) is 18.5. The van der Waals surface area contributed by atoms with E-state index in [2.05, 4.69) is 30.6 Å². The van der Waals surface area contributed by atoms with Crippen LogP contribution in [0.1, 0.15) is 53.4 Å². The summed E-state index contributed by atoms with van der Waals surface area (Å²) in [6.45, 7) is 10.6. The lowest BCUT2D eigenvalue weighted by atomic mass is 9.92. The number of hydrogen-bond acceptors (Lipinski definition) is 1. The molecule has 0 amide bonds. The lowest BCUT2D eigenvalue weighted by Crippen LogP contribution is -2.32. The smallest absolute Gasteiger partial charge is 0.115 e. The minimum absolute atomic E-state index is 0.570. The minimum Gasteiger partial charge on any atom is -0.368 e. The van der Waals surface area contributed by atoms with Crippen molar-refractivity contribution in [1.29, 1.82) is 0 Å². The molecule has 0 aromatic rings. The van der Waals surface area contributed by atoms with Crippen molar-refractivity contribution < 1.29 is 0 Å². The van der Waals surface area contributed by atoms with Crippen molar-refractivity contribution in [2.75, 3.05) is 13.1 Å². The van der Waals surface area contributed by atoms with Crippen LogP contribution in [0.3, 0.4) is 0 Å². The fourth-order valence-corrected chi connectivity index (χ4v) is 3.16. The van der Waals surface area contributed by atoms with E-state index < -0.39 is 0 Å². The van der Waals surface area contributed by atoms with Crippen LogP contribution in [-0.4, -0.2) is 18.0 Å². The lowest BCUT2D eigenvalue weighted by molar-refractivity contribution is 0.233. The van der Waals surface area contributed by atoms with Crippen molar-refractivity contribution >= 4 is 23.2 Å². The van der Waals surface area contributed by atoms with Crippen LogP contribution in [0, 0.1) is 23.7 Å². The van der Waals surface area contributed by atoms with E-state index in [-0.39, 0.29) is 0 Å². The molecule has 0 aromatic heterocycles. The highest BCUT2D eigenvalue weighted by Crippen LogP contribution is 2.29. The first-order valence-corrected chi connectivity index (χ1v) is 8.70. The molecule has 1 saturated heterocycles. The van der Waals surface area contributed by atoms with Gasteiger partial charge in [-0.1, -0.05) is 68.3 Å². The first-order valence-electron chi connectivity index (χ1n) is 7.95. The van der Waals surface area contributed by atoms with E-state index in [0.29, 0.717) is 16.0 Å². The fourth-order valence-electron chi connectivity index (χ4n) is 2.61. The molecule has 1 aliphatic heterocycles. The van der Waals surface area contributed by atoms with Crippen LogP contribution < -0.4 is 0 Å². The molecule has 2 unspecified atom stereocenters. The summed E-state index contributed by atoms with van der Waals surface area (Å²) in [4.78, 5) is 2.33. The highest BCUT2D eigenvalue weighted by atomic mass is 35.5. The van der Waals surface area contributed by atoms with Crippen LogP contribution in [0.15, 0.2) is 21.8 Å². The van der Waals surface area contributed by atoms with Crippen LogP contribution in [0.5, 0.6) is 0 Å². The molecule has 118 valence electrons. The SMILES string of the molecule is C/C=C(Cl)\C(=C(\Cl)C#CCC)N1CCC(C)CCC(C)C1. The molecule has 0 bridgehead atoms. The van der Waals surface area contributed by atoms with Gasteiger partial charge in [-0.2, -0.15) is 0 Å². The molecule has 0 aliphatic carbocycles. The van der Waals surface area contributed by atoms with Gasteiger partial charge in [-0.15, -0.1) is 0 Å². The minimum atomic E-state index is 0.570. The molecule has 0 spiro atoms. The second-order valence-electron chi connectivity index (χ2n) is 5.98. The standard InChI is InChI=1S/C18H27Cl2N/c1-5-7-8-17(20)18(16(19)6-2)21-12-11-14(3)9-10-15(4)13-21/h6,14-15H,5,9-13H2,1-4H3/b16-6+,18-17-. The van der Waals surface area contributed by atoms with Crippen molar-refractivity contribution in [3.05, 3.63) is 21.8 Å². The van der Waals surface area contributed by atoms with E-state index in [4.69, 9.17) is 23.2 Å². The van der Waals surface area contributed by atoms with Crippen molar-refractivity contribution in [3.8, 4) is 11.8 Å². The Balaban J connectivity index is 3.11. The maximum Gasteiger partial charge on any atom is 0.115 e. The van der Waals surface area contributed by atoms with Crippen molar-refractivity contribution in [2.45, 2.75) is 53.4 Å². The molecule has 1 fully saturated rings. The summed E-state index contributed by atoms with van der Waals surface area (Å²) >= 11 is 12.9. The summed E-state index contributed by atoms with van der Waals surface area (Å²) < 4.78 is 0. The maximum atomic E-state index is 6.45. The van der Waals surface area contributed by atoms with Crippen LogP contribution in [-0.2, 0) is 0 Å². The van der Waals surface area contributed by atoms with Crippen LogP contribution in [0.4, 0.5) is 0 Å². The summed E-state index contributed by atoms with van der Waals surface area (Å²) in [5.41, 5.74) is 0.905. The zero-order chi connectivity index (χ0) is 15.8. The largest absolute Gasteiger partial charge is 0.368 e. The van der Waals surface area contributed by atoms with E-state index in [0.717, 1.165) is 31.1 Å². The summed E-state index contributed by atoms with van der Waals surface area (Å²) in [7, 11) is 0. The molecule has 1 nitrogen and oxygen atoms in total. The van der Waals surface area contributed by atoms with Crippen LogP contribution >= 0.6 is 23.2 Å². The molecule has 0 saturated carbocycles. The molecule has 1 heterocycles. The zero-order valence-corrected chi connectivity index (χ0v) is 15.2. The average molecular weight is 328 g/mol. The molecule has 21 heavy (non-hydrogen) atoms. The summed E-state index contributed by atoms with van der Waals surface area (Å²) in [6.07, 6.45) is 6.45. The maximum absolute atomic E-state index is 6.45. The Morgan fingerprint density at radius 2 is 1.86 bits per heavy atom. The van der Waals surface area contributed by atoms with Gasteiger partial charge in [-0.3, -0.25) is 0 Å². The molecular formula is C18H27Cl2N. The van der Waals surface area contributed by atoms with Gasteiger partial charge >= 0.3 is 0 Å². The number of nitrogens with zero attached hydrogens (tertiary/aromatic N) is 1. The summed E-state index contributed by atoms with van der Waals surface area (Å²) in [5, 5.41) is 1.27. The Bertz CT molecular complexity index is 454. The van der Waals surface area contributed by atoms with E-state index >= 15 is 0 Å². The van der Waals surface area contributed by atoms with E-state index in [1.54, 1.807) is 0 Å². The Hall–Kier alpha value is -0.580. The van der Waals surface area contributed by atoms with Crippen molar-refractivity contribution in [3.63, 3.8) is 0 Å². The van der Waals surface area contributed by atoms with Gasteiger partial charge < -0.3 is 4.90 Å². The fraction of sp³-hybridized carbons (Fsp3) is 0.667. The Morgan fingerprint density at radius 1 is 1.19 bits per heavy atom. The number of allylic oxidation sites excluding steroid dienone is 3. The zero-order valence-electron chi connectivity index (χ0n) is 13.7. The average Bonchev–Trinajstić information content (AvgIpc) is 2.46. The molecule has 3 heteroatoms. The molecule has 0 radical (unpaired) electrons. The van der Waals surface area contributed by atoms with E-state index in [1.165, 1.54) is 19.3 Å². The molecule has 1 aliphatic rings. The first-order chi connectivity index (χ1) is 9.99. The van der Waals surface area contributed by atoms with Crippen molar-refractivity contribution in [2.24, 2.45) is 11.8 Å². The number of hydrogen-bond donors (Lipinski definition) is 0. The number of rotatable bonds is 2. The van der Waals surface area contributed by atoms with Gasteiger partial charge in [0.15, 0.2) is 0 Å². The third kappa shape index (κ3) is 5.97. The summed E-state index contributed by atoms with van der Waals surface area (Å²) in [5.74, 6) is 7.47. The highest BCUT2D eigenvalue weighted by molar-refractivity contribution is 6.36. The molecule has 2 atom stereocenters. The summed E-state index contributed by atoms with van der Waals surface area (Å²) in [6, 6.07) is 0. The quantitative estimate of drug-likeness (QED) is 0.461. The van der Waals surface area contributed by atoms with Gasteiger partial charge in [0.1, 0.15) is 5.03 Å². The second kappa shape index (κ2) is 9.44. The van der Waals surface area contributed by atoms with Gasteiger partial charge in [-0.05, 0) is 31.6 Å². The molecule has 0 aromatic carbocycles. The lowest BCUT2D eigenvalue weighted by Gasteiger charge is -2.34. The third-order valence-electron chi connectivity index (χ3n) is 3.95. The Labute approximate surface area is 140 Å². The molecule has 0 N–H and O–H groups in total. The number of likely N-dealkylation sites (tertiary alicyclic amines) is 1. The van der Waals surface area contributed by atoms with Crippen molar-refractivity contribution in [1.82, 2.24) is 4.90 Å². The van der Waals surface area contributed by atoms with E-state index in [1.807, 2.05) is 19.9 Å². The molecule has 1 rings (SSSR count). The van der Waals surface area contributed by atoms with E-state index in [9.17, 15) is 0 Å². The molecular weight excluding hydrogens is 301 g/mol. The predicted octanol–water partition coefficient (Wildman–Crippen LogP) is 5.75. The van der Waals surface area contributed by atoms with Gasteiger partial charge in [0.05, 0.1) is 10.7 Å².